The van der Waals surface area contributed by atoms with Crippen molar-refractivity contribution in [1.29, 1.82) is 0 Å². The molecule has 0 aliphatic heterocycles. The first-order valence-corrected chi connectivity index (χ1v) is 10.5. The third-order valence-electron chi connectivity index (χ3n) is 4.28. The molecule has 1 N–H and O–H groups in total. The smallest absolute Gasteiger partial charge is 0.244 e. The van der Waals surface area contributed by atoms with Gasteiger partial charge < -0.3 is 14.2 Å². The molecule has 2 aromatic carbocycles. The van der Waals surface area contributed by atoms with Crippen LogP contribution in [0.15, 0.2) is 41.5 Å². The van der Waals surface area contributed by atoms with Crippen molar-refractivity contribution >= 4 is 23.7 Å². The highest BCUT2D eigenvalue weighted by molar-refractivity contribution is 6.31. The van der Waals surface area contributed by atoms with E-state index in [9.17, 15) is 4.79 Å². The highest BCUT2D eigenvalue weighted by atomic mass is 35.5. The van der Waals surface area contributed by atoms with Crippen molar-refractivity contribution in [2.75, 3.05) is 20.3 Å². The fraction of sp³-hybridized carbons (Fsp3) is 0.391. The van der Waals surface area contributed by atoms with E-state index >= 15 is 0 Å². The molecule has 0 unspecified atom stereocenters. The van der Waals surface area contributed by atoms with Gasteiger partial charge in [0.25, 0.3) is 0 Å². The normalized spacial score (nSPS) is 10.8. The van der Waals surface area contributed by atoms with Crippen LogP contribution in [0.1, 0.15) is 44.2 Å². The summed E-state index contributed by atoms with van der Waals surface area (Å²) in [7, 11) is 1.56. The minimum Gasteiger partial charge on any atom is -0.497 e. The molecule has 6 nitrogen and oxygen atoms in total. The van der Waals surface area contributed by atoms with Crippen LogP contribution in [0.4, 0.5) is 0 Å². The molecule has 2 aromatic rings. The lowest BCUT2D eigenvalue weighted by atomic mass is 10.1. The van der Waals surface area contributed by atoms with Gasteiger partial charge in [0.05, 0.1) is 33.0 Å². The van der Waals surface area contributed by atoms with Gasteiger partial charge in [-0.15, -0.1) is 0 Å². The molecule has 2 rings (SSSR count). The van der Waals surface area contributed by atoms with Crippen LogP contribution in [0.5, 0.6) is 17.2 Å². The molecule has 7 heteroatoms. The second kappa shape index (κ2) is 12.8. The second-order valence-electron chi connectivity index (χ2n) is 6.62. The summed E-state index contributed by atoms with van der Waals surface area (Å²) in [4.78, 5) is 12.2. The van der Waals surface area contributed by atoms with Gasteiger partial charge in [0.2, 0.25) is 5.91 Å². The highest BCUT2D eigenvalue weighted by Crippen LogP contribution is 2.28. The van der Waals surface area contributed by atoms with Gasteiger partial charge in [0, 0.05) is 5.02 Å². The number of ether oxygens (including phenoxy) is 3. The summed E-state index contributed by atoms with van der Waals surface area (Å²) < 4.78 is 16.7. The van der Waals surface area contributed by atoms with Crippen molar-refractivity contribution in [1.82, 2.24) is 5.43 Å². The van der Waals surface area contributed by atoms with Crippen LogP contribution in [0.25, 0.3) is 0 Å². The zero-order chi connectivity index (χ0) is 21.8. The lowest BCUT2D eigenvalue weighted by Gasteiger charge is -2.12. The maximum atomic E-state index is 12.2. The Morgan fingerprint density at radius 3 is 2.67 bits per heavy atom. The minimum absolute atomic E-state index is 0.0993. The van der Waals surface area contributed by atoms with Gasteiger partial charge in [-0.05, 0) is 60.9 Å². The number of hydrogen-bond donors (Lipinski definition) is 1. The summed E-state index contributed by atoms with van der Waals surface area (Å²) >= 11 is 6.14. The number of hydrazone groups is 1. The standard InChI is InChI=1S/C23H29ClN2O4/c1-4-6-7-12-30-21-11-8-17(13-22(21)29-5-2)16-25-26-23(27)15-18-14-19(28-3)9-10-20(18)24/h8-11,13-14,16H,4-7,12,15H2,1-3H3,(H,26,27)/b25-16+. The molecule has 0 saturated heterocycles. The quantitative estimate of drug-likeness (QED) is 0.291. The first-order chi connectivity index (χ1) is 14.6. The number of nitrogens with zero attached hydrogens (tertiary/aromatic N) is 1. The first-order valence-electron chi connectivity index (χ1n) is 10.1. The van der Waals surface area contributed by atoms with Crippen molar-refractivity contribution in [2.24, 2.45) is 5.10 Å². The average molecular weight is 433 g/mol. The molecule has 0 radical (unpaired) electrons. The van der Waals surface area contributed by atoms with Gasteiger partial charge in [-0.1, -0.05) is 31.4 Å². The third kappa shape index (κ3) is 7.59. The molecule has 0 heterocycles. The monoisotopic (exact) mass is 432 g/mol. The summed E-state index contributed by atoms with van der Waals surface area (Å²) in [5.41, 5.74) is 3.98. The molecular weight excluding hydrogens is 404 g/mol. The maximum absolute atomic E-state index is 12.2. The number of rotatable bonds is 12. The minimum atomic E-state index is -0.276. The van der Waals surface area contributed by atoms with E-state index in [4.69, 9.17) is 25.8 Å². The van der Waals surface area contributed by atoms with Gasteiger partial charge in [0.15, 0.2) is 11.5 Å². The third-order valence-corrected chi connectivity index (χ3v) is 4.65. The molecule has 0 fully saturated rings. The molecule has 0 aliphatic rings. The molecule has 162 valence electrons. The van der Waals surface area contributed by atoms with Crippen molar-refractivity contribution in [3.05, 3.63) is 52.5 Å². The first kappa shape index (κ1) is 23.5. The number of amides is 1. The van der Waals surface area contributed by atoms with Crippen LogP contribution in [0.3, 0.4) is 0 Å². The SMILES string of the molecule is CCCCCOc1ccc(/C=N/NC(=O)Cc2cc(OC)ccc2Cl)cc1OCC. The van der Waals surface area contributed by atoms with Crippen LogP contribution < -0.4 is 19.6 Å². The fourth-order valence-electron chi connectivity index (χ4n) is 2.73. The van der Waals surface area contributed by atoms with E-state index in [-0.39, 0.29) is 12.3 Å². The molecule has 1 amide bonds. The Balaban J connectivity index is 1.96. The Hall–Kier alpha value is -2.73. The summed E-state index contributed by atoms with van der Waals surface area (Å²) in [6.45, 7) is 5.27. The van der Waals surface area contributed by atoms with E-state index in [2.05, 4.69) is 17.5 Å². The van der Waals surface area contributed by atoms with Gasteiger partial charge in [0.1, 0.15) is 5.75 Å². The summed E-state index contributed by atoms with van der Waals surface area (Å²) in [6.07, 6.45) is 4.95. The predicted octanol–water partition coefficient (Wildman–Crippen LogP) is 5.01. The molecule has 0 atom stereocenters. The number of halogens is 1. The van der Waals surface area contributed by atoms with Gasteiger partial charge in [-0.25, -0.2) is 5.43 Å². The number of nitrogens with one attached hydrogen (secondary N) is 1. The second-order valence-corrected chi connectivity index (χ2v) is 7.03. The Kier molecular flexibility index (Phi) is 10.0. The molecule has 0 bridgehead atoms. The van der Waals surface area contributed by atoms with Crippen LogP contribution in [-0.2, 0) is 11.2 Å². The number of carbonyl (C=O) groups excluding carboxylic acids is 1. The summed E-state index contributed by atoms with van der Waals surface area (Å²) in [6, 6.07) is 10.7. The lowest BCUT2D eigenvalue weighted by Crippen LogP contribution is -2.20. The van der Waals surface area contributed by atoms with Crippen molar-refractivity contribution < 1.29 is 19.0 Å². The maximum Gasteiger partial charge on any atom is 0.244 e. The van der Waals surface area contributed by atoms with Crippen LogP contribution in [0.2, 0.25) is 5.02 Å². The van der Waals surface area contributed by atoms with Crippen LogP contribution >= 0.6 is 11.6 Å². The molecule has 0 aromatic heterocycles. The summed E-state index contributed by atoms with van der Waals surface area (Å²) in [5, 5.41) is 4.54. The molecule has 0 saturated carbocycles. The average Bonchev–Trinajstić information content (AvgIpc) is 2.74. The van der Waals surface area contributed by atoms with E-state index in [0.29, 0.717) is 41.0 Å². The van der Waals surface area contributed by atoms with Gasteiger partial charge in [-0.2, -0.15) is 5.10 Å². The largest absolute Gasteiger partial charge is 0.497 e. The van der Waals surface area contributed by atoms with Gasteiger partial charge >= 0.3 is 0 Å². The topological polar surface area (TPSA) is 69.2 Å². The predicted molar refractivity (Wildman–Crippen MR) is 120 cm³/mol. The van der Waals surface area contributed by atoms with E-state index in [1.54, 1.807) is 31.5 Å². The molecular formula is C23H29ClN2O4. The summed E-state index contributed by atoms with van der Waals surface area (Å²) in [5.74, 6) is 1.74. The number of hydrogen-bond acceptors (Lipinski definition) is 5. The molecule has 0 aliphatic carbocycles. The fourth-order valence-corrected chi connectivity index (χ4v) is 2.92. The van der Waals surface area contributed by atoms with E-state index < -0.39 is 0 Å². The Morgan fingerprint density at radius 1 is 1.10 bits per heavy atom. The van der Waals surface area contributed by atoms with Crippen LogP contribution in [-0.4, -0.2) is 32.4 Å². The number of methoxy groups -OCH3 is 1. The van der Waals surface area contributed by atoms with Crippen molar-refractivity contribution in [3.63, 3.8) is 0 Å². The lowest BCUT2D eigenvalue weighted by molar-refractivity contribution is -0.120. The van der Waals surface area contributed by atoms with Crippen molar-refractivity contribution in [3.8, 4) is 17.2 Å². The van der Waals surface area contributed by atoms with Gasteiger partial charge in [-0.3, -0.25) is 4.79 Å². The number of unbranched alkanes of at least 4 members (excludes halogenated alkanes) is 2. The van der Waals surface area contributed by atoms with Crippen molar-refractivity contribution in [2.45, 2.75) is 39.5 Å². The Bertz CT molecular complexity index is 855. The zero-order valence-corrected chi connectivity index (χ0v) is 18.5. The number of benzene rings is 2. The zero-order valence-electron chi connectivity index (χ0n) is 17.7. The Labute approximate surface area is 183 Å². The molecule has 0 spiro atoms. The Morgan fingerprint density at radius 2 is 1.93 bits per heavy atom. The van der Waals surface area contributed by atoms with E-state index in [1.807, 2.05) is 25.1 Å². The number of carbonyl (C=O) groups is 1. The van der Waals surface area contributed by atoms with Crippen LogP contribution in [0, 0.1) is 0 Å². The van der Waals surface area contributed by atoms with E-state index in [1.165, 1.54) is 0 Å². The molecule has 30 heavy (non-hydrogen) atoms. The van der Waals surface area contributed by atoms with E-state index in [0.717, 1.165) is 24.8 Å². The highest BCUT2D eigenvalue weighted by Gasteiger charge is 2.09.